The van der Waals surface area contributed by atoms with Crippen molar-refractivity contribution in [2.45, 2.75) is 50.5 Å². The van der Waals surface area contributed by atoms with Crippen LogP contribution in [-0.2, 0) is 14.8 Å². The first-order valence-corrected chi connectivity index (χ1v) is 9.86. The lowest BCUT2D eigenvalue weighted by Crippen LogP contribution is -2.40. The fourth-order valence-electron chi connectivity index (χ4n) is 3.14. The molecule has 0 heterocycles. The maximum absolute atomic E-state index is 14.0. The molecule has 0 radical (unpaired) electrons. The monoisotopic (exact) mass is 407 g/mol. The normalized spacial score (nSPS) is 20.5. The molecule has 6 nitrogen and oxygen atoms in total. The summed E-state index contributed by atoms with van der Waals surface area (Å²) in [5, 5.41) is 2.70. The summed E-state index contributed by atoms with van der Waals surface area (Å²) in [6.45, 7) is 5.44. The van der Waals surface area contributed by atoms with Crippen molar-refractivity contribution < 1.29 is 17.6 Å². The Hall–Kier alpha value is -1.22. The second kappa shape index (κ2) is 8.65. The number of nitrogens with two attached hydrogens (primary N) is 1. The van der Waals surface area contributed by atoms with E-state index in [0.717, 1.165) is 31.4 Å². The van der Waals surface area contributed by atoms with E-state index >= 15 is 0 Å². The van der Waals surface area contributed by atoms with Crippen molar-refractivity contribution in [3.8, 4) is 0 Å². The molecular formula is C17H27ClFN3O3S. The molecule has 1 aromatic rings. The lowest BCUT2D eigenvalue weighted by Gasteiger charge is -2.21. The number of nitrogens with one attached hydrogen (secondary N) is 2. The third-order valence-electron chi connectivity index (χ3n) is 4.23. The number of benzene rings is 1. The second-order valence-corrected chi connectivity index (χ2v) is 9.17. The largest absolute Gasteiger partial charge is 0.330 e. The lowest BCUT2D eigenvalue weighted by atomic mass is 9.95. The van der Waals surface area contributed by atoms with Gasteiger partial charge in [0, 0.05) is 17.1 Å². The highest BCUT2D eigenvalue weighted by atomic mass is 35.5. The zero-order valence-corrected chi connectivity index (χ0v) is 16.8. The first-order chi connectivity index (χ1) is 11.5. The Kier molecular flexibility index (Phi) is 7.59. The summed E-state index contributed by atoms with van der Waals surface area (Å²) in [6.07, 6.45) is 2.61. The van der Waals surface area contributed by atoms with Crippen molar-refractivity contribution >= 4 is 34.0 Å². The van der Waals surface area contributed by atoms with Crippen LogP contribution in [-0.4, -0.2) is 26.4 Å². The molecule has 9 heteroatoms. The van der Waals surface area contributed by atoms with Crippen LogP contribution < -0.4 is 15.8 Å². The number of anilines is 1. The molecule has 0 spiro atoms. The van der Waals surface area contributed by atoms with E-state index in [2.05, 4.69) is 10.0 Å². The van der Waals surface area contributed by atoms with E-state index in [0.29, 0.717) is 6.54 Å². The van der Waals surface area contributed by atoms with Crippen LogP contribution in [0.15, 0.2) is 23.1 Å². The molecule has 1 fully saturated rings. The Morgan fingerprint density at radius 2 is 1.96 bits per heavy atom. The predicted octanol–water partition coefficient (Wildman–Crippen LogP) is 2.64. The SMILES string of the molecule is CC(C)(C)NS(=O)(=O)c1cc(NC(=O)[C@@H]2CCC[C@@H]2CN)ccc1F.Cl. The molecule has 4 N–H and O–H groups in total. The van der Waals surface area contributed by atoms with Crippen LogP contribution in [0.1, 0.15) is 40.0 Å². The second-order valence-electron chi connectivity index (χ2n) is 7.52. The van der Waals surface area contributed by atoms with Crippen molar-refractivity contribution in [1.82, 2.24) is 4.72 Å². The van der Waals surface area contributed by atoms with Gasteiger partial charge in [-0.25, -0.2) is 17.5 Å². The third-order valence-corrected chi connectivity index (χ3v) is 6.00. The summed E-state index contributed by atoms with van der Waals surface area (Å²) >= 11 is 0. The van der Waals surface area contributed by atoms with Gasteiger partial charge in [0.2, 0.25) is 15.9 Å². The van der Waals surface area contributed by atoms with E-state index in [1.165, 1.54) is 6.07 Å². The highest BCUT2D eigenvalue weighted by Crippen LogP contribution is 2.32. The van der Waals surface area contributed by atoms with Gasteiger partial charge in [0.15, 0.2) is 0 Å². The quantitative estimate of drug-likeness (QED) is 0.698. The van der Waals surface area contributed by atoms with Gasteiger partial charge in [-0.05, 0) is 64.3 Å². The summed E-state index contributed by atoms with van der Waals surface area (Å²) in [6, 6.07) is 3.55. The summed E-state index contributed by atoms with van der Waals surface area (Å²) in [4.78, 5) is 11.9. The summed E-state index contributed by atoms with van der Waals surface area (Å²) in [5.41, 5.74) is 5.20. The minimum Gasteiger partial charge on any atom is -0.330 e. The smallest absolute Gasteiger partial charge is 0.244 e. The van der Waals surface area contributed by atoms with Gasteiger partial charge in [-0.3, -0.25) is 4.79 Å². The molecule has 0 aromatic heterocycles. The van der Waals surface area contributed by atoms with Gasteiger partial charge in [0.05, 0.1) is 0 Å². The van der Waals surface area contributed by atoms with Crippen molar-refractivity contribution in [1.29, 1.82) is 0 Å². The molecule has 2 atom stereocenters. The van der Waals surface area contributed by atoms with Gasteiger partial charge in [0.1, 0.15) is 10.7 Å². The maximum Gasteiger partial charge on any atom is 0.244 e. The van der Waals surface area contributed by atoms with E-state index in [9.17, 15) is 17.6 Å². The predicted molar refractivity (Wildman–Crippen MR) is 102 cm³/mol. The molecule has 1 saturated carbocycles. The third kappa shape index (κ3) is 5.64. The summed E-state index contributed by atoms with van der Waals surface area (Å²) in [5.74, 6) is -1.13. The number of amides is 1. The Morgan fingerprint density at radius 1 is 1.31 bits per heavy atom. The van der Waals surface area contributed by atoms with E-state index in [4.69, 9.17) is 5.73 Å². The Balaban J connectivity index is 0.00000338. The van der Waals surface area contributed by atoms with Gasteiger partial charge >= 0.3 is 0 Å². The van der Waals surface area contributed by atoms with Gasteiger partial charge in [-0.15, -0.1) is 12.4 Å². The topological polar surface area (TPSA) is 101 Å². The Morgan fingerprint density at radius 3 is 2.54 bits per heavy atom. The number of hydrogen-bond acceptors (Lipinski definition) is 4. The molecule has 1 aromatic carbocycles. The Bertz CT molecular complexity index is 750. The fourth-order valence-corrected chi connectivity index (χ4v) is 4.67. The average Bonchev–Trinajstić information content (AvgIpc) is 2.95. The number of carbonyl (C=O) groups is 1. The molecule has 1 aliphatic rings. The highest BCUT2D eigenvalue weighted by molar-refractivity contribution is 7.89. The molecule has 0 saturated heterocycles. The first kappa shape index (κ1) is 22.8. The molecule has 26 heavy (non-hydrogen) atoms. The molecule has 2 rings (SSSR count). The number of sulfonamides is 1. The number of carbonyl (C=O) groups excluding carboxylic acids is 1. The van der Waals surface area contributed by atoms with Crippen LogP contribution in [0.4, 0.5) is 10.1 Å². The summed E-state index contributed by atoms with van der Waals surface area (Å²) in [7, 11) is -4.04. The summed E-state index contributed by atoms with van der Waals surface area (Å²) < 4.78 is 41.2. The van der Waals surface area contributed by atoms with Crippen LogP contribution in [0.25, 0.3) is 0 Å². The van der Waals surface area contributed by atoms with Gasteiger partial charge in [-0.1, -0.05) is 6.42 Å². The average molecular weight is 408 g/mol. The van der Waals surface area contributed by atoms with Crippen LogP contribution in [0.3, 0.4) is 0 Å². The number of rotatable bonds is 5. The standard InChI is InChI=1S/C17H26FN3O3S.ClH/c1-17(2,3)21-25(23,24)15-9-12(7-8-14(15)18)20-16(22)13-6-4-5-11(13)10-19;/h7-9,11,13,21H,4-6,10,19H2,1-3H3,(H,20,22);1H/t11-,13-;/m1./s1. The van der Waals surface area contributed by atoms with E-state index < -0.39 is 26.3 Å². The van der Waals surface area contributed by atoms with Gasteiger partial charge in [0.25, 0.3) is 0 Å². The highest BCUT2D eigenvalue weighted by Gasteiger charge is 2.32. The molecular weight excluding hydrogens is 381 g/mol. The van der Waals surface area contributed by atoms with Crippen molar-refractivity contribution in [3.05, 3.63) is 24.0 Å². The van der Waals surface area contributed by atoms with E-state index in [-0.39, 0.29) is 35.8 Å². The minimum atomic E-state index is -4.04. The molecule has 1 aliphatic carbocycles. The van der Waals surface area contributed by atoms with E-state index in [1.54, 1.807) is 20.8 Å². The fraction of sp³-hybridized carbons (Fsp3) is 0.588. The van der Waals surface area contributed by atoms with Crippen LogP contribution in [0, 0.1) is 17.7 Å². The number of halogens is 2. The zero-order valence-electron chi connectivity index (χ0n) is 15.2. The lowest BCUT2D eigenvalue weighted by molar-refractivity contribution is -0.120. The van der Waals surface area contributed by atoms with Crippen LogP contribution in [0.2, 0.25) is 0 Å². The van der Waals surface area contributed by atoms with Gasteiger partial charge < -0.3 is 11.1 Å². The van der Waals surface area contributed by atoms with Crippen LogP contribution >= 0.6 is 12.4 Å². The molecule has 0 bridgehead atoms. The van der Waals surface area contributed by atoms with Crippen LogP contribution in [0.5, 0.6) is 0 Å². The zero-order chi connectivity index (χ0) is 18.8. The van der Waals surface area contributed by atoms with Crippen molar-refractivity contribution in [2.75, 3.05) is 11.9 Å². The minimum absolute atomic E-state index is 0. The number of hydrogen-bond donors (Lipinski definition) is 3. The first-order valence-electron chi connectivity index (χ1n) is 8.38. The van der Waals surface area contributed by atoms with Crippen molar-refractivity contribution in [3.63, 3.8) is 0 Å². The molecule has 148 valence electrons. The molecule has 1 amide bonds. The van der Waals surface area contributed by atoms with Crippen molar-refractivity contribution in [2.24, 2.45) is 17.6 Å². The maximum atomic E-state index is 14.0. The Labute approximate surface area is 160 Å². The van der Waals surface area contributed by atoms with E-state index in [1.807, 2.05) is 0 Å². The molecule has 0 unspecified atom stereocenters. The van der Waals surface area contributed by atoms with Gasteiger partial charge in [-0.2, -0.15) is 0 Å². The molecule has 0 aliphatic heterocycles.